The Morgan fingerprint density at radius 1 is 1.14 bits per heavy atom. The number of nitrogens with zero attached hydrogens (tertiary/aromatic N) is 3. The second-order valence-electron chi connectivity index (χ2n) is 6.11. The van der Waals surface area contributed by atoms with Crippen LogP contribution in [0.5, 0.6) is 5.75 Å². The molecular formula is C19H14FN3O4S. The van der Waals surface area contributed by atoms with Gasteiger partial charge in [-0.3, -0.25) is 9.59 Å². The van der Waals surface area contributed by atoms with E-state index in [1.807, 2.05) is 0 Å². The number of aromatic nitrogens is 2. The number of carbonyl (C=O) groups excluding carboxylic acids is 2. The van der Waals surface area contributed by atoms with E-state index >= 15 is 0 Å². The minimum Gasteiger partial charge on any atom is -0.497 e. The van der Waals surface area contributed by atoms with Gasteiger partial charge in [0.1, 0.15) is 17.6 Å². The fourth-order valence-electron chi connectivity index (χ4n) is 3.00. The van der Waals surface area contributed by atoms with Crippen molar-refractivity contribution in [2.45, 2.75) is 12.5 Å². The average Bonchev–Trinajstić information content (AvgIpc) is 3.22. The van der Waals surface area contributed by atoms with Crippen molar-refractivity contribution in [3.63, 3.8) is 0 Å². The Labute approximate surface area is 163 Å². The first-order valence-electron chi connectivity index (χ1n) is 8.34. The molecule has 142 valence electrons. The molecule has 2 heterocycles. The van der Waals surface area contributed by atoms with E-state index in [9.17, 15) is 14.0 Å². The topological polar surface area (TPSA) is 77.6 Å². The minimum absolute atomic E-state index is 0.0158. The molecule has 0 bridgehead atoms. The number of imide groups is 1. The Balaban J connectivity index is 1.65. The summed E-state index contributed by atoms with van der Waals surface area (Å²) in [6.45, 7) is 0. The first-order valence-corrected chi connectivity index (χ1v) is 8.75. The van der Waals surface area contributed by atoms with Crippen LogP contribution in [0, 0.1) is 10.7 Å². The number of methoxy groups -OCH3 is 1. The van der Waals surface area contributed by atoms with E-state index in [1.54, 1.807) is 31.4 Å². The molecule has 0 radical (unpaired) electrons. The fourth-order valence-corrected chi connectivity index (χ4v) is 3.25. The number of carbonyl (C=O) groups is 2. The van der Waals surface area contributed by atoms with Crippen LogP contribution >= 0.6 is 12.2 Å². The third-order valence-electron chi connectivity index (χ3n) is 4.41. The molecule has 9 heteroatoms. The summed E-state index contributed by atoms with van der Waals surface area (Å²) in [7, 11) is 1.56. The summed E-state index contributed by atoms with van der Waals surface area (Å²) in [4.78, 5) is 26.2. The van der Waals surface area contributed by atoms with Crippen LogP contribution in [0.4, 0.5) is 10.1 Å². The highest BCUT2D eigenvalue weighted by molar-refractivity contribution is 7.71. The lowest BCUT2D eigenvalue weighted by atomic mass is 10.2. The van der Waals surface area contributed by atoms with Crippen LogP contribution in [0.3, 0.4) is 0 Å². The van der Waals surface area contributed by atoms with Gasteiger partial charge < -0.3 is 9.15 Å². The summed E-state index contributed by atoms with van der Waals surface area (Å²) >= 11 is 5.20. The largest absolute Gasteiger partial charge is 0.497 e. The molecule has 1 atom stereocenters. The maximum absolute atomic E-state index is 13.1. The average molecular weight is 399 g/mol. The van der Waals surface area contributed by atoms with Crippen molar-refractivity contribution in [3.05, 3.63) is 59.2 Å². The zero-order valence-corrected chi connectivity index (χ0v) is 15.5. The molecular weight excluding hydrogens is 385 g/mol. The predicted octanol–water partition coefficient (Wildman–Crippen LogP) is 3.52. The highest BCUT2D eigenvalue weighted by Gasteiger charge is 2.42. The second kappa shape index (κ2) is 7.01. The molecule has 1 aromatic heterocycles. The van der Waals surface area contributed by atoms with Crippen LogP contribution in [0.2, 0.25) is 0 Å². The number of ether oxygens (including phenoxy) is 1. The van der Waals surface area contributed by atoms with E-state index in [2.05, 4.69) is 5.10 Å². The maximum Gasteiger partial charge on any atom is 0.288 e. The minimum atomic E-state index is -0.916. The summed E-state index contributed by atoms with van der Waals surface area (Å²) in [5.74, 6) is -0.469. The zero-order chi connectivity index (χ0) is 19.8. The van der Waals surface area contributed by atoms with Crippen molar-refractivity contribution >= 4 is 29.7 Å². The molecule has 1 fully saturated rings. The normalized spacial score (nSPS) is 16.6. The summed E-state index contributed by atoms with van der Waals surface area (Å²) in [6.07, 6.45) is -0.112. The third kappa shape index (κ3) is 3.09. The predicted molar refractivity (Wildman–Crippen MR) is 99.9 cm³/mol. The lowest BCUT2D eigenvalue weighted by molar-refractivity contribution is -0.122. The second-order valence-corrected chi connectivity index (χ2v) is 6.46. The van der Waals surface area contributed by atoms with Crippen molar-refractivity contribution in [2.24, 2.45) is 0 Å². The Morgan fingerprint density at radius 2 is 1.82 bits per heavy atom. The standard InChI is InChI=1S/C19H14FN3O4S/c1-26-14-8-2-11(3-9-14)17-21-23(19(28)27-17)15-10-16(24)22(18(15)25)13-6-4-12(20)5-7-13/h2-9,15H,10H2,1H3. The van der Waals surface area contributed by atoms with Crippen molar-refractivity contribution in [1.82, 2.24) is 9.78 Å². The van der Waals surface area contributed by atoms with E-state index < -0.39 is 23.7 Å². The third-order valence-corrected chi connectivity index (χ3v) is 4.68. The van der Waals surface area contributed by atoms with Crippen LogP contribution in [0.25, 0.3) is 11.5 Å². The van der Waals surface area contributed by atoms with E-state index in [0.717, 1.165) is 4.90 Å². The van der Waals surface area contributed by atoms with E-state index in [1.165, 1.54) is 28.9 Å². The van der Waals surface area contributed by atoms with Crippen LogP contribution in [-0.4, -0.2) is 28.7 Å². The molecule has 1 unspecified atom stereocenters. The van der Waals surface area contributed by atoms with Gasteiger partial charge in [0.25, 0.3) is 10.7 Å². The van der Waals surface area contributed by atoms with Crippen LogP contribution < -0.4 is 9.64 Å². The number of halogens is 1. The highest BCUT2D eigenvalue weighted by atomic mass is 32.1. The molecule has 0 aliphatic carbocycles. The monoisotopic (exact) mass is 399 g/mol. The Kier molecular flexibility index (Phi) is 4.52. The number of hydrogen-bond acceptors (Lipinski definition) is 6. The molecule has 1 aliphatic rings. The van der Waals surface area contributed by atoms with Crippen molar-refractivity contribution in [1.29, 1.82) is 0 Å². The fraction of sp³-hybridized carbons (Fsp3) is 0.158. The van der Waals surface area contributed by atoms with E-state index in [0.29, 0.717) is 17.0 Å². The number of anilines is 1. The molecule has 0 N–H and O–H groups in total. The summed E-state index contributed by atoms with van der Waals surface area (Å²) in [6, 6.07) is 11.2. The SMILES string of the molecule is COc1ccc(-c2nn(C3CC(=O)N(c4ccc(F)cc4)C3=O)c(=S)o2)cc1. The van der Waals surface area contributed by atoms with Gasteiger partial charge in [-0.25, -0.2) is 14.0 Å². The molecule has 7 nitrogen and oxygen atoms in total. The Morgan fingerprint density at radius 3 is 2.46 bits per heavy atom. The molecule has 0 spiro atoms. The molecule has 0 saturated carbocycles. The van der Waals surface area contributed by atoms with Gasteiger partial charge in [0.15, 0.2) is 0 Å². The first kappa shape index (κ1) is 18.1. The number of hydrogen-bond donors (Lipinski definition) is 0. The lowest BCUT2D eigenvalue weighted by Crippen LogP contribution is -2.31. The van der Waals surface area contributed by atoms with Crippen LogP contribution in [-0.2, 0) is 9.59 Å². The highest BCUT2D eigenvalue weighted by Crippen LogP contribution is 2.31. The van der Waals surface area contributed by atoms with Crippen LogP contribution in [0.15, 0.2) is 52.9 Å². The van der Waals surface area contributed by atoms with Gasteiger partial charge in [-0.2, -0.15) is 0 Å². The molecule has 4 rings (SSSR count). The summed E-state index contributed by atoms with van der Waals surface area (Å²) in [5.41, 5.74) is 0.946. The van der Waals surface area contributed by atoms with Gasteiger partial charge in [-0.1, -0.05) is 0 Å². The number of amides is 2. The molecule has 1 saturated heterocycles. The maximum atomic E-state index is 13.1. The first-order chi connectivity index (χ1) is 13.5. The van der Waals surface area contributed by atoms with Gasteiger partial charge >= 0.3 is 0 Å². The summed E-state index contributed by atoms with van der Waals surface area (Å²) < 4.78 is 25.0. The van der Waals surface area contributed by atoms with E-state index in [-0.39, 0.29) is 17.1 Å². The molecule has 2 aromatic carbocycles. The molecule has 28 heavy (non-hydrogen) atoms. The lowest BCUT2D eigenvalue weighted by Gasteiger charge is -2.14. The summed E-state index contributed by atoms with van der Waals surface area (Å²) in [5, 5.41) is 4.29. The van der Waals surface area contributed by atoms with Crippen molar-refractivity contribution < 1.29 is 23.1 Å². The number of rotatable bonds is 4. The Bertz CT molecular complexity index is 1110. The van der Waals surface area contributed by atoms with Gasteiger partial charge in [-0.05, 0) is 60.7 Å². The molecule has 1 aliphatic heterocycles. The zero-order valence-electron chi connectivity index (χ0n) is 14.7. The number of benzene rings is 2. The van der Waals surface area contributed by atoms with Gasteiger partial charge in [0.05, 0.1) is 19.2 Å². The van der Waals surface area contributed by atoms with Gasteiger partial charge in [0, 0.05) is 5.56 Å². The molecule has 3 aromatic rings. The van der Waals surface area contributed by atoms with Crippen molar-refractivity contribution in [3.8, 4) is 17.2 Å². The van der Waals surface area contributed by atoms with Gasteiger partial charge in [-0.15, -0.1) is 5.10 Å². The van der Waals surface area contributed by atoms with Gasteiger partial charge in [0.2, 0.25) is 11.8 Å². The molecule has 2 amide bonds. The van der Waals surface area contributed by atoms with Crippen LogP contribution in [0.1, 0.15) is 12.5 Å². The quantitative estimate of drug-likeness (QED) is 0.493. The Hall–Kier alpha value is -3.33. The van der Waals surface area contributed by atoms with Crippen molar-refractivity contribution in [2.75, 3.05) is 12.0 Å². The van der Waals surface area contributed by atoms with E-state index in [4.69, 9.17) is 21.4 Å². The smallest absolute Gasteiger partial charge is 0.288 e.